The Kier molecular flexibility index (Phi) is 6.93. The maximum absolute atomic E-state index is 12.3. The lowest BCUT2D eigenvalue weighted by Crippen LogP contribution is -2.28. The molecule has 2 aromatic carbocycles. The monoisotopic (exact) mass is 405 g/mol. The van der Waals surface area contributed by atoms with Gasteiger partial charge < -0.3 is 10.1 Å². The smallest absolute Gasteiger partial charge is 0.258 e. The summed E-state index contributed by atoms with van der Waals surface area (Å²) in [5.41, 5.74) is 6.73. The van der Waals surface area contributed by atoms with Gasteiger partial charge in [0.15, 0.2) is 6.61 Å². The molecule has 0 fully saturated rings. The first-order valence-corrected chi connectivity index (χ1v) is 10.4. The van der Waals surface area contributed by atoms with Crippen molar-refractivity contribution in [1.29, 1.82) is 0 Å². The zero-order chi connectivity index (χ0) is 21.7. The van der Waals surface area contributed by atoms with Crippen molar-refractivity contribution < 1.29 is 9.53 Å². The normalized spacial score (nSPS) is 11.0. The summed E-state index contributed by atoms with van der Waals surface area (Å²) in [6.07, 6.45) is 0. The fourth-order valence-corrected chi connectivity index (χ4v) is 3.67. The number of rotatable bonds is 8. The number of nitrogens with zero attached hydrogens (tertiary/aromatic N) is 2. The van der Waals surface area contributed by atoms with Gasteiger partial charge >= 0.3 is 0 Å². The zero-order valence-electron chi connectivity index (χ0n) is 18.5. The Hall–Kier alpha value is -3.08. The van der Waals surface area contributed by atoms with Gasteiger partial charge in [-0.05, 0) is 55.5 Å². The van der Waals surface area contributed by atoms with Gasteiger partial charge in [0.1, 0.15) is 5.75 Å². The van der Waals surface area contributed by atoms with E-state index in [0.717, 1.165) is 29.2 Å². The topological polar surface area (TPSA) is 56.1 Å². The Morgan fingerprint density at radius 2 is 1.83 bits per heavy atom. The molecule has 0 unspecified atom stereocenters. The second-order valence-corrected chi connectivity index (χ2v) is 8.03. The van der Waals surface area contributed by atoms with Crippen LogP contribution in [0.2, 0.25) is 0 Å². The largest absolute Gasteiger partial charge is 0.484 e. The molecule has 0 aliphatic heterocycles. The molecule has 1 N–H and O–H groups in total. The third kappa shape index (κ3) is 5.29. The number of benzene rings is 2. The van der Waals surface area contributed by atoms with E-state index < -0.39 is 0 Å². The van der Waals surface area contributed by atoms with Crippen molar-refractivity contribution in [3.8, 4) is 5.75 Å². The molecule has 0 atom stereocenters. The van der Waals surface area contributed by atoms with E-state index in [9.17, 15) is 4.79 Å². The highest BCUT2D eigenvalue weighted by atomic mass is 16.5. The molecular weight excluding hydrogens is 374 g/mol. The summed E-state index contributed by atoms with van der Waals surface area (Å²) in [4.78, 5) is 12.3. The van der Waals surface area contributed by atoms with Crippen molar-refractivity contribution in [3.05, 3.63) is 82.2 Å². The van der Waals surface area contributed by atoms with Gasteiger partial charge in [-0.1, -0.05) is 50.2 Å². The third-order valence-corrected chi connectivity index (χ3v) is 5.40. The van der Waals surface area contributed by atoms with Crippen LogP contribution >= 0.6 is 0 Å². The van der Waals surface area contributed by atoms with Crippen LogP contribution in [0, 0.1) is 20.8 Å². The molecule has 0 bridgehead atoms. The van der Waals surface area contributed by atoms with E-state index in [2.05, 4.69) is 49.4 Å². The number of nitrogens with one attached hydrogen (secondary N) is 1. The van der Waals surface area contributed by atoms with Gasteiger partial charge in [-0.3, -0.25) is 9.48 Å². The van der Waals surface area contributed by atoms with E-state index >= 15 is 0 Å². The standard InChI is InChI=1S/C25H31N3O2/c1-17(2)23-12-11-22(13-18(23)3)30-16-25(29)26-14-24-19(4)27-28(20(24)5)15-21-9-7-6-8-10-21/h6-13,17H,14-16H2,1-5H3,(H,26,29). The quantitative estimate of drug-likeness (QED) is 0.592. The Morgan fingerprint density at radius 3 is 2.50 bits per heavy atom. The molecule has 3 rings (SSSR count). The van der Waals surface area contributed by atoms with Crippen LogP contribution in [0.5, 0.6) is 5.75 Å². The maximum atomic E-state index is 12.3. The molecular formula is C25H31N3O2. The van der Waals surface area contributed by atoms with E-state index in [1.165, 1.54) is 16.7 Å². The highest BCUT2D eigenvalue weighted by Gasteiger charge is 2.13. The first kappa shape index (κ1) is 21.6. The van der Waals surface area contributed by atoms with E-state index in [-0.39, 0.29) is 12.5 Å². The van der Waals surface area contributed by atoms with Crippen LogP contribution in [0.4, 0.5) is 0 Å². The van der Waals surface area contributed by atoms with Crippen molar-refractivity contribution >= 4 is 5.91 Å². The van der Waals surface area contributed by atoms with Crippen LogP contribution in [0.15, 0.2) is 48.5 Å². The molecule has 30 heavy (non-hydrogen) atoms. The van der Waals surface area contributed by atoms with Gasteiger partial charge in [0, 0.05) is 17.8 Å². The Bertz CT molecular complexity index is 1010. The molecule has 5 nitrogen and oxygen atoms in total. The van der Waals surface area contributed by atoms with Gasteiger partial charge in [0.2, 0.25) is 0 Å². The average molecular weight is 406 g/mol. The second kappa shape index (κ2) is 9.61. The van der Waals surface area contributed by atoms with Gasteiger partial charge in [-0.25, -0.2) is 0 Å². The highest BCUT2D eigenvalue weighted by molar-refractivity contribution is 5.77. The second-order valence-electron chi connectivity index (χ2n) is 8.03. The first-order chi connectivity index (χ1) is 14.3. The number of ether oxygens (including phenoxy) is 1. The van der Waals surface area contributed by atoms with Crippen molar-refractivity contribution in [3.63, 3.8) is 0 Å². The maximum Gasteiger partial charge on any atom is 0.258 e. The summed E-state index contributed by atoms with van der Waals surface area (Å²) < 4.78 is 7.67. The number of carbonyl (C=O) groups is 1. The minimum atomic E-state index is -0.143. The van der Waals surface area contributed by atoms with Crippen LogP contribution < -0.4 is 10.1 Å². The van der Waals surface area contributed by atoms with Crippen LogP contribution in [-0.2, 0) is 17.9 Å². The molecule has 1 amide bonds. The van der Waals surface area contributed by atoms with Crippen molar-refractivity contribution in [1.82, 2.24) is 15.1 Å². The molecule has 1 aromatic heterocycles. The fraction of sp³-hybridized carbons (Fsp3) is 0.360. The van der Waals surface area contributed by atoms with Gasteiger partial charge in [0.25, 0.3) is 5.91 Å². The fourth-order valence-electron chi connectivity index (χ4n) is 3.67. The number of carbonyl (C=O) groups excluding carboxylic acids is 1. The number of hydrogen-bond acceptors (Lipinski definition) is 3. The van der Waals surface area contributed by atoms with Crippen molar-refractivity contribution in [2.24, 2.45) is 0 Å². The van der Waals surface area contributed by atoms with Crippen molar-refractivity contribution in [2.75, 3.05) is 6.61 Å². The lowest BCUT2D eigenvalue weighted by molar-refractivity contribution is -0.123. The summed E-state index contributed by atoms with van der Waals surface area (Å²) in [5.74, 6) is 1.04. The van der Waals surface area contributed by atoms with E-state index in [0.29, 0.717) is 12.5 Å². The van der Waals surface area contributed by atoms with E-state index in [4.69, 9.17) is 4.74 Å². The number of aryl methyl sites for hydroxylation is 2. The van der Waals surface area contributed by atoms with Gasteiger partial charge in [-0.15, -0.1) is 0 Å². The van der Waals surface area contributed by atoms with Crippen LogP contribution in [0.25, 0.3) is 0 Å². The summed E-state index contributed by atoms with van der Waals surface area (Å²) in [6, 6.07) is 16.2. The molecule has 0 saturated carbocycles. The highest BCUT2D eigenvalue weighted by Crippen LogP contribution is 2.23. The molecule has 0 spiro atoms. The molecule has 158 valence electrons. The zero-order valence-corrected chi connectivity index (χ0v) is 18.5. The lowest BCUT2D eigenvalue weighted by Gasteiger charge is -2.12. The van der Waals surface area contributed by atoms with Crippen LogP contribution in [0.3, 0.4) is 0 Å². The molecule has 0 aliphatic carbocycles. The summed E-state index contributed by atoms with van der Waals surface area (Å²) in [7, 11) is 0. The molecule has 0 radical (unpaired) electrons. The molecule has 0 aliphatic rings. The van der Waals surface area contributed by atoms with Crippen LogP contribution in [-0.4, -0.2) is 22.3 Å². The minimum Gasteiger partial charge on any atom is -0.484 e. The SMILES string of the molecule is Cc1cc(OCC(=O)NCc2c(C)nn(Cc3ccccc3)c2C)ccc1C(C)C. The average Bonchev–Trinajstić information content (AvgIpc) is 2.98. The summed E-state index contributed by atoms with van der Waals surface area (Å²) >= 11 is 0. The number of hydrogen-bond donors (Lipinski definition) is 1. The van der Waals surface area contributed by atoms with Gasteiger partial charge in [0.05, 0.1) is 12.2 Å². The number of amides is 1. The molecule has 0 saturated heterocycles. The Balaban J connectivity index is 1.55. The van der Waals surface area contributed by atoms with Crippen LogP contribution in [0.1, 0.15) is 53.4 Å². The lowest BCUT2D eigenvalue weighted by atomic mass is 9.98. The molecule has 5 heteroatoms. The predicted molar refractivity (Wildman–Crippen MR) is 120 cm³/mol. The van der Waals surface area contributed by atoms with Crippen molar-refractivity contribution in [2.45, 2.75) is 53.6 Å². The Morgan fingerprint density at radius 1 is 1.10 bits per heavy atom. The molecule has 3 aromatic rings. The first-order valence-electron chi connectivity index (χ1n) is 10.4. The Labute approximate surface area is 179 Å². The minimum absolute atomic E-state index is 0.00326. The summed E-state index contributed by atoms with van der Waals surface area (Å²) in [5, 5.41) is 7.60. The molecule has 1 heterocycles. The summed E-state index contributed by atoms with van der Waals surface area (Å²) in [6.45, 7) is 11.6. The third-order valence-electron chi connectivity index (χ3n) is 5.40. The van der Waals surface area contributed by atoms with E-state index in [1.54, 1.807) is 0 Å². The van der Waals surface area contributed by atoms with E-state index in [1.807, 2.05) is 48.9 Å². The number of aromatic nitrogens is 2. The van der Waals surface area contributed by atoms with Gasteiger partial charge in [-0.2, -0.15) is 5.10 Å². The predicted octanol–water partition coefficient (Wildman–Crippen LogP) is 4.68.